The Kier molecular flexibility index (Phi) is 4.08. The number of aromatic amines is 2. The van der Waals surface area contributed by atoms with Crippen molar-refractivity contribution in [3.63, 3.8) is 0 Å². The molecule has 1 amide bonds. The Hall–Kier alpha value is -3.21. The molecule has 1 unspecified atom stereocenters. The molecule has 5 heteroatoms. The van der Waals surface area contributed by atoms with E-state index in [1.165, 1.54) is 16.6 Å². The summed E-state index contributed by atoms with van der Waals surface area (Å²) in [6.07, 6.45) is 5.09. The molecule has 0 bridgehead atoms. The van der Waals surface area contributed by atoms with E-state index in [9.17, 15) is 4.79 Å². The molecule has 0 saturated heterocycles. The zero-order valence-electron chi connectivity index (χ0n) is 15.8. The first-order chi connectivity index (χ1) is 13.7. The van der Waals surface area contributed by atoms with E-state index < -0.39 is 0 Å². The minimum absolute atomic E-state index is 0.0793. The number of nitrogens with one attached hydrogen (secondary N) is 3. The number of rotatable bonds is 4. The second-order valence-corrected chi connectivity index (χ2v) is 7.54. The Morgan fingerprint density at radius 1 is 1.18 bits per heavy atom. The van der Waals surface area contributed by atoms with Crippen LogP contribution in [0.2, 0.25) is 0 Å². The molecule has 1 aliphatic rings. The lowest BCUT2D eigenvalue weighted by molar-refractivity contribution is -0.121. The lowest BCUT2D eigenvalue weighted by Gasteiger charge is -2.23. The van der Waals surface area contributed by atoms with Gasteiger partial charge in [-0.25, -0.2) is 0 Å². The number of methoxy groups -OCH3 is 1. The molecule has 0 saturated carbocycles. The summed E-state index contributed by atoms with van der Waals surface area (Å²) in [5, 5.41) is 5.56. The van der Waals surface area contributed by atoms with Crippen LogP contribution in [0.3, 0.4) is 0 Å². The van der Waals surface area contributed by atoms with Crippen LogP contribution in [0.15, 0.2) is 48.7 Å². The second-order valence-electron chi connectivity index (χ2n) is 7.54. The van der Waals surface area contributed by atoms with Crippen molar-refractivity contribution in [2.75, 3.05) is 7.11 Å². The number of H-pyrrole nitrogens is 2. The predicted octanol–water partition coefficient (Wildman–Crippen LogP) is 3.87. The van der Waals surface area contributed by atoms with Gasteiger partial charge in [0.2, 0.25) is 5.91 Å². The fourth-order valence-corrected chi connectivity index (χ4v) is 4.38. The summed E-state index contributed by atoms with van der Waals surface area (Å²) in [5.74, 6) is 0.940. The Bertz CT molecular complexity index is 1170. The van der Waals surface area contributed by atoms with E-state index in [0.29, 0.717) is 6.42 Å². The highest BCUT2D eigenvalue weighted by atomic mass is 16.5. The van der Waals surface area contributed by atoms with Crippen LogP contribution in [-0.4, -0.2) is 29.0 Å². The molecule has 0 spiro atoms. The van der Waals surface area contributed by atoms with Crippen molar-refractivity contribution >= 4 is 27.7 Å². The maximum absolute atomic E-state index is 12.7. The minimum Gasteiger partial charge on any atom is -0.497 e. The van der Waals surface area contributed by atoms with Gasteiger partial charge in [-0.2, -0.15) is 0 Å². The van der Waals surface area contributed by atoms with Gasteiger partial charge in [0.25, 0.3) is 0 Å². The summed E-state index contributed by atoms with van der Waals surface area (Å²) < 4.78 is 5.38. The van der Waals surface area contributed by atoms with Gasteiger partial charge in [0.15, 0.2) is 0 Å². The highest BCUT2D eigenvalue weighted by Gasteiger charge is 2.24. The van der Waals surface area contributed by atoms with E-state index in [0.717, 1.165) is 47.0 Å². The van der Waals surface area contributed by atoms with Gasteiger partial charge in [0.1, 0.15) is 5.75 Å². The molecule has 5 nitrogen and oxygen atoms in total. The van der Waals surface area contributed by atoms with Gasteiger partial charge in [-0.1, -0.05) is 18.2 Å². The normalized spacial score (nSPS) is 16.2. The predicted molar refractivity (Wildman–Crippen MR) is 111 cm³/mol. The van der Waals surface area contributed by atoms with Gasteiger partial charge in [-0.05, 0) is 54.7 Å². The van der Waals surface area contributed by atoms with Gasteiger partial charge >= 0.3 is 0 Å². The maximum atomic E-state index is 12.7. The molecule has 3 N–H and O–H groups in total. The van der Waals surface area contributed by atoms with Crippen LogP contribution in [0.4, 0.5) is 0 Å². The summed E-state index contributed by atoms with van der Waals surface area (Å²) in [7, 11) is 1.69. The minimum atomic E-state index is 0.0793. The summed E-state index contributed by atoms with van der Waals surface area (Å²) in [5.41, 5.74) is 5.83. The summed E-state index contributed by atoms with van der Waals surface area (Å²) in [4.78, 5) is 19.5. The molecule has 2 heterocycles. The smallest absolute Gasteiger partial charge is 0.224 e. The fourth-order valence-electron chi connectivity index (χ4n) is 4.38. The van der Waals surface area contributed by atoms with Crippen LogP contribution in [0.25, 0.3) is 21.8 Å². The van der Waals surface area contributed by atoms with Crippen molar-refractivity contribution in [1.29, 1.82) is 0 Å². The average molecular weight is 373 g/mol. The zero-order chi connectivity index (χ0) is 19.1. The lowest BCUT2D eigenvalue weighted by atomic mass is 9.91. The van der Waals surface area contributed by atoms with Gasteiger partial charge < -0.3 is 20.0 Å². The van der Waals surface area contributed by atoms with Crippen LogP contribution >= 0.6 is 0 Å². The number of aromatic nitrogens is 2. The molecule has 28 heavy (non-hydrogen) atoms. The van der Waals surface area contributed by atoms with E-state index in [-0.39, 0.29) is 11.9 Å². The standard InChI is InChI=1S/C23H23N3O2/c1-28-16-7-9-22-19(12-16)18-11-15(6-8-21(18)26-22)25-23(27)10-14-13-24-20-5-3-2-4-17(14)20/h2-5,7,9,12-13,15,24,26H,6,8,10-11H2,1H3,(H,25,27). The first-order valence-electron chi connectivity index (χ1n) is 9.73. The van der Waals surface area contributed by atoms with Crippen molar-refractivity contribution in [2.45, 2.75) is 31.7 Å². The number of para-hydroxylation sites is 1. The molecule has 0 radical (unpaired) electrons. The van der Waals surface area contributed by atoms with Crippen LogP contribution in [0.5, 0.6) is 5.75 Å². The second kappa shape index (κ2) is 6.75. The number of carbonyl (C=O) groups excluding carboxylic acids is 1. The third-order valence-corrected chi connectivity index (χ3v) is 5.79. The van der Waals surface area contributed by atoms with Crippen LogP contribution in [0, 0.1) is 0 Å². The van der Waals surface area contributed by atoms with Crippen LogP contribution in [0.1, 0.15) is 23.2 Å². The third kappa shape index (κ3) is 2.93. The van der Waals surface area contributed by atoms with Crippen molar-refractivity contribution in [3.8, 4) is 5.75 Å². The van der Waals surface area contributed by atoms with E-state index in [1.807, 2.05) is 30.5 Å². The molecule has 0 fully saturated rings. The number of ether oxygens (including phenoxy) is 1. The molecule has 1 atom stereocenters. The highest BCUT2D eigenvalue weighted by Crippen LogP contribution is 2.31. The van der Waals surface area contributed by atoms with E-state index in [2.05, 4.69) is 33.5 Å². The number of aryl methyl sites for hydroxylation is 1. The van der Waals surface area contributed by atoms with E-state index in [1.54, 1.807) is 7.11 Å². The first-order valence-corrected chi connectivity index (χ1v) is 9.73. The number of carbonyl (C=O) groups is 1. The first kappa shape index (κ1) is 16.9. The Balaban J connectivity index is 1.32. The molecule has 2 aromatic carbocycles. The van der Waals surface area contributed by atoms with Gasteiger partial charge in [0, 0.05) is 39.7 Å². The summed E-state index contributed by atoms with van der Waals surface area (Å²) in [6.45, 7) is 0. The quantitative estimate of drug-likeness (QED) is 0.508. The molecule has 2 aromatic heterocycles. The van der Waals surface area contributed by atoms with E-state index >= 15 is 0 Å². The highest BCUT2D eigenvalue weighted by molar-refractivity contribution is 5.89. The number of amides is 1. The van der Waals surface area contributed by atoms with Gasteiger partial charge in [0.05, 0.1) is 13.5 Å². The molecule has 1 aliphatic carbocycles. The largest absolute Gasteiger partial charge is 0.497 e. The molecule has 0 aliphatic heterocycles. The fraction of sp³-hybridized carbons (Fsp3) is 0.261. The lowest BCUT2D eigenvalue weighted by Crippen LogP contribution is -2.39. The number of hydrogen-bond acceptors (Lipinski definition) is 2. The van der Waals surface area contributed by atoms with E-state index in [4.69, 9.17) is 4.74 Å². The summed E-state index contributed by atoms with van der Waals surface area (Å²) in [6, 6.07) is 14.4. The van der Waals surface area contributed by atoms with Crippen molar-refractivity contribution in [2.24, 2.45) is 0 Å². The average Bonchev–Trinajstić information content (AvgIpc) is 3.28. The molecule has 142 valence electrons. The van der Waals surface area contributed by atoms with Gasteiger partial charge in [-0.15, -0.1) is 0 Å². The van der Waals surface area contributed by atoms with Crippen molar-refractivity contribution < 1.29 is 9.53 Å². The SMILES string of the molecule is COc1ccc2[nH]c3c(c2c1)CC(NC(=O)Cc1c[nH]c2ccccc12)CC3. The molecular weight excluding hydrogens is 350 g/mol. The topological polar surface area (TPSA) is 69.9 Å². The summed E-state index contributed by atoms with van der Waals surface area (Å²) >= 11 is 0. The molecular formula is C23H23N3O2. The maximum Gasteiger partial charge on any atom is 0.224 e. The molecule has 4 aromatic rings. The van der Waals surface area contributed by atoms with Crippen LogP contribution < -0.4 is 10.1 Å². The zero-order valence-corrected chi connectivity index (χ0v) is 15.8. The van der Waals surface area contributed by atoms with Crippen molar-refractivity contribution in [1.82, 2.24) is 15.3 Å². The molecule has 5 rings (SSSR count). The van der Waals surface area contributed by atoms with Crippen LogP contribution in [-0.2, 0) is 24.1 Å². The number of benzene rings is 2. The number of fused-ring (bicyclic) bond motifs is 4. The Labute approximate surface area is 163 Å². The Morgan fingerprint density at radius 2 is 2.07 bits per heavy atom. The third-order valence-electron chi connectivity index (χ3n) is 5.79. The monoisotopic (exact) mass is 373 g/mol. The number of hydrogen-bond donors (Lipinski definition) is 3. The van der Waals surface area contributed by atoms with Crippen molar-refractivity contribution in [3.05, 3.63) is 65.5 Å². The Morgan fingerprint density at radius 3 is 2.96 bits per heavy atom. The van der Waals surface area contributed by atoms with Gasteiger partial charge in [-0.3, -0.25) is 4.79 Å².